The van der Waals surface area contributed by atoms with Gasteiger partial charge in [-0.25, -0.2) is 22.8 Å². The monoisotopic (exact) mass is 573 g/mol. The van der Waals surface area contributed by atoms with Crippen LogP contribution in [-0.4, -0.2) is 62.3 Å². The summed E-state index contributed by atoms with van der Waals surface area (Å²) >= 11 is 0. The van der Waals surface area contributed by atoms with Crippen molar-refractivity contribution in [2.24, 2.45) is 0 Å². The first kappa shape index (κ1) is 32.4. The van der Waals surface area contributed by atoms with Gasteiger partial charge in [-0.1, -0.05) is 44.4 Å². The number of nitrogens with zero attached hydrogens (tertiary/aromatic N) is 1. The van der Waals surface area contributed by atoms with Crippen molar-refractivity contribution in [1.29, 1.82) is 0 Å². The van der Waals surface area contributed by atoms with E-state index in [2.05, 4.69) is 19.7 Å². The number of carbonyl (C=O) groups excluding carboxylic acids is 4. The molecule has 1 aromatic carbocycles. The van der Waals surface area contributed by atoms with Gasteiger partial charge in [-0.05, 0) is 57.2 Å². The molecule has 1 aliphatic heterocycles. The topological polar surface area (TPSA) is 137 Å². The molecule has 11 heteroatoms. The van der Waals surface area contributed by atoms with Gasteiger partial charge in [0.25, 0.3) is 5.91 Å². The van der Waals surface area contributed by atoms with Gasteiger partial charge in [0.1, 0.15) is 5.88 Å². The Bertz CT molecular complexity index is 1290. The van der Waals surface area contributed by atoms with Gasteiger partial charge >= 0.3 is 17.9 Å². The fourth-order valence-corrected chi connectivity index (χ4v) is 4.53. The molecule has 0 saturated carbocycles. The number of benzene rings is 1. The SMILES string of the molecule is C=CC(=O)N(C=C(CCCOC(=O)C(=C)CCC1CO1)C(=O)OC(=O)C(=C)CC)CS(=O)(=O)c1ccc(C)cc1. The van der Waals surface area contributed by atoms with Crippen molar-refractivity contribution in [3.63, 3.8) is 0 Å². The molecule has 40 heavy (non-hydrogen) atoms. The first-order valence-corrected chi connectivity index (χ1v) is 14.4. The highest BCUT2D eigenvalue weighted by molar-refractivity contribution is 7.91. The second-order valence-electron chi connectivity index (χ2n) is 9.19. The van der Waals surface area contributed by atoms with Crippen molar-refractivity contribution >= 4 is 33.7 Å². The third-order valence-electron chi connectivity index (χ3n) is 5.90. The van der Waals surface area contributed by atoms with E-state index < -0.39 is 39.5 Å². The van der Waals surface area contributed by atoms with E-state index in [-0.39, 0.29) is 48.0 Å². The van der Waals surface area contributed by atoms with Crippen LogP contribution < -0.4 is 0 Å². The number of aryl methyl sites for hydroxylation is 1. The highest BCUT2D eigenvalue weighted by Gasteiger charge is 2.25. The Balaban J connectivity index is 2.20. The summed E-state index contributed by atoms with van der Waals surface area (Å²) in [4.78, 5) is 50.6. The molecule has 1 fully saturated rings. The van der Waals surface area contributed by atoms with Crippen LogP contribution in [0.2, 0.25) is 0 Å². The highest BCUT2D eigenvalue weighted by Crippen LogP contribution is 2.20. The largest absolute Gasteiger partial charge is 0.462 e. The zero-order valence-electron chi connectivity index (χ0n) is 22.8. The predicted octanol–water partition coefficient (Wildman–Crippen LogP) is 3.72. The lowest BCUT2D eigenvalue weighted by atomic mass is 10.1. The molecule has 1 aromatic rings. The molecule has 0 N–H and O–H groups in total. The number of epoxide rings is 1. The number of sulfone groups is 1. The summed E-state index contributed by atoms with van der Waals surface area (Å²) in [5.41, 5.74) is 1.01. The van der Waals surface area contributed by atoms with E-state index in [1.807, 2.05) is 0 Å². The molecule has 1 unspecified atom stereocenters. The molecule has 10 nitrogen and oxygen atoms in total. The van der Waals surface area contributed by atoms with Gasteiger partial charge in [0, 0.05) is 17.3 Å². The first-order valence-electron chi connectivity index (χ1n) is 12.7. The maximum absolute atomic E-state index is 13.0. The summed E-state index contributed by atoms with van der Waals surface area (Å²) < 4.78 is 41.2. The van der Waals surface area contributed by atoms with E-state index in [1.165, 1.54) is 12.1 Å². The standard InChI is InChI=1S/C29H35NO9S/c1-6-21(4)28(33)39-29(34)23(9-8-16-37-27(32)22(5)12-13-24-18-38-24)17-30(26(31)7-2)19-40(35,36)25-14-10-20(3)11-15-25/h7,10-11,14-15,17,24H,2,4-6,8-9,12-13,16,18-19H2,1,3H3. The number of esters is 3. The third kappa shape index (κ3) is 10.4. The number of rotatable bonds is 16. The van der Waals surface area contributed by atoms with Gasteiger partial charge in [-0.3, -0.25) is 9.69 Å². The summed E-state index contributed by atoms with van der Waals surface area (Å²) in [6.45, 7) is 14.7. The maximum atomic E-state index is 13.0. The van der Waals surface area contributed by atoms with E-state index in [1.54, 1.807) is 26.0 Å². The summed E-state index contributed by atoms with van der Waals surface area (Å²) in [5, 5.41) is 0. The van der Waals surface area contributed by atoms with Gasteiger partial charge in [0.2, 0.25) is 0 Å². The minimum Gasteiger partial charge on any atom is -0.462 e. The summed E-state index contributed by atoms with van der Waals surface area (Å²) in [7, 11) is -4.00. The molecular weight excluding hydrogens is 538 g/mol. The molecule has 0 aliphatic carbocycles. The second-order valence-corrected chi connectivity index (χ2v) is 11.2. The van der Waals surface area contributed by atoms with Crippen LogP contribution in [0.15, 0.2) is 77.9 Å². The molecule has 1 saturated heterocycles. The number of carbonyl (C=O) groups is 4. The fraction of sp³-hybridized carbons (Fsp3) is 0.379. The van der Waals surface area contributed by atoms with Crippen LogP contribution in [0, 0.1) is 6.92 Å². The molecule has 216 valence electrons. The fourth-order valence-electron chi connectivity index (χ4n) is 3.26. The van der Waals surface area contributed by atoms with Gasteiger partial charge < -0.3 is 14.2 Å². The molecule has 1 heterocycles. The Hall–Kier alpha value is -3.83. The zero-order chi connectivity index (χ0) is 29.9. The Morgan fingerprint density at radius 1 is 1.05 bits per heavy atom. The quantitative estimate of drug-likeness (QED) is 0.0952. The Morgan fingerprint density at radius 3 is 2.27 bits per heavy atom. The number of ether oxygens (including phenoxy) is 3. The molecule has 0 aromatic heterocycles. The number of hydrogen-bond acceptors (Lipinski definition) is 9. The number of amides is 1. The summed E-state index contributed by atoms with van der Waals surface area (Å²) in [6, 6.07) is 6.06. The normalized spacial score (nSPS) is 14.6. The molecule has 0 bridgehead atoms. The second kappa shape index (κ2) is 15.1. The lowest BCUT2D eigenvalue weighted by molar-refractivity contribution is -0.154. The smallest absolute Gasteiger partial charge is 0.343 e. The van der Waals surface area contributed by atoms with Crippen molar-refractivity contribution in [2.75, 3.05) is 19.1 Å². The lowest BCUT2D eigenvalue weighted by Gasteiger charge is -2.19. The Morgan fingerprint density at radius 2 is 1.70 bits per heavy atom. The average Bonchev–Trinajstić information content (AvgIpc) is 3.76. The van der Waals surface area contributed by atoms with Crippen LogP contribution in [0.25, 0.3) is 0 Å². The Labute approximate surface area is 234 Å². The third-order valence-corrected chi connectivity index (χ3v) is 7.51. The molecule has 1 aliphatic rings. The van der Waals surface area contributed by atoms with E-state index >= 15 is 0 Å². The minimum atomic E-state index is -4.00. The van der Waals surface area contributed by atoms with Crippen LogP contribution in [0.1, 0.15) is 44.6 Å². The van der Waals surface area contributed by atoms with Crippen molar-refractivity contribution in [1.82, 2.24) is 4.90 Å². The maximum Gasteiger partial charge on any atom is 0.343 e. The van der Waals surface area contributed by atoms with Gasteiger partial charge in [0.15, 0.2) is 9.84 Å². The molecule has 2 rings (SSSR count). The van der Waals surface area contributed by atoms with Crippen molar-refractivity contribution in [3.05, 3.63) is 78.6 Å². The summed E-state index contributed by atoms with van der Waals surface area (Å²) in [6.07, 6.45) is 3.39. The lowest BCUT2D eigenvalue weighted by Crippen LogP contribution is -2.31. The minimum absolute atomic E-state index is 0.0210. The average molecular weight is 574 g/mol. The predicted molar refractivity (Wildman–Crippen MR) is 147 cm³/mol. The van der Waals surface area contributed by atoms with E-state index in [0.29, 0.717) is 25.0 Å². The molecule has 0 radical (unpaired) electrons. The van der Waals surface area contributed by atoms with Crippen LogP contribution in [-0.2, 0) is 43.2 Å². The molecule has 1 amide bonds. The van der Waals surface area contributed by atoms with Crippen LogP contribution >= 0.6 is 0 Å². The highest BCUT2D eigenvalue weighted by atomic mass is 32.2. The summed E-state index contributed by atoms with van der Waals surface area (Å²) in [5.74, 6) is -4.22. The number of hydrogen-bond donors (Lipinski definition) is 0. The van der Waals surface area contributed by atoms with Crippen molar-refractivity contribution in [3.8, 4) is 0 Å². The van der Waals surface area contributed by atoms with E-state index in [0.717, 1.165) is 22.7 Å². The zero-order valence-corrected chi connectivity index (χ0v) is 23.7. The first-order chi connectivity index (χ1) is 18.9. The van der Waals surface area contributed by atoms with Crippen molar-refractivity contribution in [2.45, 2.75) is 57.0 Å². The van der Waals surface area contributed by atoms with Gasteiger partial charge in [0.05, 0.1) is 29.8 Å². The van der Waals surface area contributed by atoms with Crippen LogP contribution in [0.5, 0.6) is 0 Å². The van der Waals surface area contributed by atoms with Crippen LogP contribution in [0.3, 0.4) is 0 Å². The van der Waals surface area contributed by atoms with Crippen LogP contribution in [0.4, 0.5) is 0 Å². The van der Waals surface area contributed by atoms with Crippen molar-refractivity contribution < 1.29 is 41.8 Å². The molecule has 0 spiro atoms. The van der Waals surface area contributed by atoms with Gasteiger partial charge in [-0.15, -0.1) is 0 Å². The Kier molecular flexibility index (Phi) is 12.2. The van der Waals surface area contributed by atoms with E-state index in [9.17, 15) is 27.6 Å². The van der Waals surface area contributed by atoms with E-state index in [4.69, 9.17) is 14.2 Å². The molecular formula is C29H35NO9S. The van der Waals surface area contributed by atoms with Gasteiger partial charge in [-0.2, -0.15) is 0 Å². The molecule has 1 atom stereocenters.